The first kappa shape index (κ1) is 19.8. The van der Waals surface area contributed by atoms with Gasteiger partial charge in [-0.2, -0.15) is 0 Å². The zero-order valence-electron chi connectivity index (χ0n) is 15.0. The number of sulfonamides is 1. The second-order valence-corrected chi connectivity index (χ2v) is 8.80. The number of rotatable bonds is 6. The van der Waals surface area contributed by atoms with E-state index in [-0.39, 0.29) is 12.3 Å². The minimum atomic E-state index is -3.39. The van der Waals surface area contributed by atoms with Crippen LogP contribution in [0.25, 0.3) is 11.1 Å². The summed E-state index contributed by atoms with van der Waals surface area (Å²) in [6.45, 7) is 0. The number of nitrogens with zero attached hydrogens (tertiary/aromatic N) is 2. The molecule has 28 heavy (non-hydrogen) atoms. The van der Waals surface area contributed by atoms with Gasteiger partial charge < -0.3 is 5.73 Å². The van der Waals surface area contributed by atoms with E-state index in [0.29, 0.717) is 22.1 Å². The van der Waals surface area contributed by atoms with E-state index in [4.69, 9.17) is 11.6 Å². The SMILES string of the molecule is CS(=O)(=O)Nc1cccc(CC(=O)N(N)c2cc(-c3ccnc(N)c3)cs2)c1. The first-order valence-corrected chi connectivity index (χ1v) is 10.9. The third kappa shape index (κ3) is 5.06. The van der Waals surface area contributed by atoms with E-state index in [1.807, 2.05) is 11.4 Å². The molecule has 0 aliphatic carbocycles. The van der Waals surface area contributed by atoms with Gasteiger partial charge in [-0.1, -0.05) is 12.1 Å². The summed E-state index contributed by atoms with van der Waals surface area (Å²) < 4.78 is 25.1. The average molecular weight is 418 g/mol. The lowest BCUT2D eigenvalue weighted by atomic mass is 10.1. The third-order valence-electron chi connectivity index (χ3n) is 3.79. The van der Waals surface area contributed by atoms with Crippen LogP contribution in [0.15, 0.2) is 54.0 Å². The molecule has 0 aliphatic heterocycles. The number of carbonyl (C=O) groups is 1. The van der Waals surface area contributed by atoms with Gasteiger partial charge >= 0.3 is 0 Å². The largest absolute Gasteiger partial charge is 0.384 e. The van der Waals surface area contributed by atoms with Crippen LogP contribution in [0.3, 0.4) is 0 Å². The summed E-state index contributed by atoms with van der Waals surface area (Å²) >= 11 is 1.34. The topological polar surface area (TPSA) is 131 Å². The van der Waals surface area contributed by atoms with Gasteiger partial charge in [0.1, 0.15) is 10.8 Å². The molecule has 0 unspecified atom stereocenters. The van der Waals surface area contributed by atoms with Gasteiger partial charge in [0.25, 0.3) is 0 Å². The number of hydrazine groups is 1. The normalized spacial score (nSPS) is 11.2. The number of pyridine rings is 1. The standard InChI is InChI=1S/C18H19N5O3S2/c1-28(25,26)22-15-4-2-3-12(7-15)8-17(24)23(20)18-10-14(11-27-18)13-5-6-21-16(19)9-13/h2-7,9-11,22H,8,20H2,1H3,(H2,19,21). The zero-order valence-corrected chi connectivity index (χ0v) is 16.6. The molecule has 5 N–H and O–H groups in total. The molecule has 1 aromatic carbocycles. The molecule has 2 aromatic heterocycles. The number of amides is 1. The Balaban J connectivity index is 1.72. The first-order valence-electron chi connectivity index (χ1n) is 8.16. The van der Waals surface area contributed by atoms with Crippen molar-refractivity contribution in [1.29, 1.82) is 0 Å². The number of benzene rings is 1. The van der Waals surface area contributed by atoms with Crippen molar-refractivity contribution in [3.05, 3.63) is 59.6 Å². The maximum Gasteiger partial charge on any atom is 0.246 e. The maximum atomic E-state index is 12.5. The lowest BCUT2D eigenvalue weighted by Gasteiger charge is -2.14. The van der Waals surface area contributed by atoms with Crippen LogP contribution in [0, 0.1) is 0 Å². The van der Waals surface area contributed by atoms with E-state index in [9.17, 15) is 13.2 Å². The van der Waals surface area contributed by atoms with Crippen LogP contribution < -0.4 is 21.3 Å². The number of nitrogens with two attached hydrogens (primary N) is 2. The van der Waals surface area contributed by atoms with E-state index in [1.54, 1.807) is 42.6 Å². The molecule has 8 nitrogen and oxygen atoms in total. The summed E-state index contributed by atoms with van der Waals surface area (Å²) in [5, 5.41) is 3.56. The number of hydrogen-bond acceptors (Lipinski definition) is 7. The fourth-order valence-electron chi connectivity index (χ4n) is 2.57. The zero-order chi connectivity index (χ0) is 20.3. The molecule has 2 heterocycles. The van der Waals surface area contributed by atoms with Gasteiger partial charge in [0, 0.05) is 17.3 Å². The lowest BCUT2D eigenvalue weighted by Crippen LogP contribution is -2.37. The van der Waals surface area contributed by atoms with Gasteiger partial charge in [-0.15, -0.1) is 11.3 Å². The van der Waals surface area contributed by atoms with Gasteiger partial charge in [-0.3, -0.25) is 9.52 Å². The Morgan fingerprint density at radius 3 is 2.71 bits per heavy atom. The number of carbonyl (C=O) groups excluding carboxylic acids is 1. The van der Waals surface area contributed by atoms with E-state index >= 15 is 0 Å². The predicted molar refractivity (Wildman–Crippen MR) is 112 cm³/mol. The molecule has 10 heteroatoms. The molecule has 146 valence electrons. The van der Waals surface area contributed by atoms with Crippen molar-refractivity contribution in [3.8, 4) is 11.1 Å². The highest BCUT2D eigenvalue weighted by molar-refractivity contribution is 7.92. The fourth-order valence-corrected chi connectivity index (χ4v) is 3.99. The number of nitrogens with one attached hydrogen (secondary N) is 1. The van der Waals surface area contributed by atoms with Crippen molar-refractivity contribution < 1.29 is 13.2 Å². The summed E-state index contributed by atoms with van der Waals surface area (Å²) in [5.74, 6) is 6.08. The van der Waals surface area contributed by atoms with Crippen LogP contribution in [-0.2, 0) is 21.2 Å². The Kier molecular flexibility index (Phi) is 5.63. The molecule has 3 aromatic rings. The Morgan fingerprint density at radius 1 is 1.21 bits per heavy atom. The maximum absolute atomic E-state index is 12.5. The summed E-state index contributed by atoms with van der Waals surface area (Å²) in [6.07, 6.45) is 2.72. The number of aromatic nitrogens is 1. The van der Waals surface area contributed by atoms with Crippen molar-refractivity contribution in [1.82, 2.24) is 4.98 Å². The molecule has 0 spiro atoms. The van der Waals surface area contributed by atoms with E-state index in [0.717, 1.165) is 22.4 Å². The summed E-state index contributed by atoms with van der Waals surface area (Å²) in [4.78, 5) is 16.5. The van der Waals surface area contributed by atoms with Gasteiger partial charge in [-0.25, -0.2) is 24.3 Å². The Labute approximate surface area is 166 Å². The van der Waals surface area contributed by atoms with Crippen molar-refractivity contribution >= 4 is 43.8 Å². The number of nitrogen functional groups attached to an aromatic ring is 1. The van der Waals surface area contributed by atoms with E-state index in [1.165, 1.54) is 11.3 Å². The Bertz CT molecular complexity index is 1110. The average Bonchev–Trinajstić information content (AvgIpc) is 3.10. The first-order chi connectivity index (χ1) is 13.2. The quantitative estimate of drug-likeness (QED) is 0.320. The van der Waals surface area contributed by atoms with Crippen molar-refractivity contribution in [2.75, 3.05) is 21.7 Å². The van der Waals surface area contributed by atoms with E-state index < -0.39 is 10.0 Å². The molecule has 0 bridgehead atoms. The van der Waals surface area contributed by atoms with Gasteiger partial charge in [0.05, 0.1) is 12.7 Å². The van der Waals surface area contributed by atoms with Crippen LogP contribution in [0.5, 0.6) is 0 Å². The Hall–Kier alpha value is -2.95. The molecule has 3 rings (SSSR count). The molecule has 0 fully saturated rings. The summed E-state index contributed by atoms with van der Waals surface area (Å²) in [7, 11) is -3.39. The third-order valence-corrected chi connectivity index (χ3v) is 5.33. The number of anilines is 3. The smallest absolute Gasteiger partial charge is 0.246 e. The van der Waals surface area contributed by atoms with E-state index in [2.05, 4.69) is 9.71 Å². The highest BCUT2D eigenvalue weighted by atomic mass is 32.2. The molecule has 0 saturated carbocycles. The number of thiophene rings is 1. The molecule has 1 amide bonds. The Morgan fingerprint density at radius 2 is 2.00 bits per heavy atom. The second kappa shape index (κ2) is 7.97. The van der Waals surface area contributed by atoms with Crippen LogP contribution >= 0.6 is 11.3 Å². The minimum absolute atomic E-state index is 0.0330. The molecule has 0 atom stereocenters. The van der Waals surface area contributed by atoms with Crippen LogP contribution in [-0.4, -0.2) is 25.6 Å². The predicted octanol–water partition coefficient (Wildman–Crippen LogP) is 2.21. The molecule has 0 saturated heterocycles. The van der Waals surface area contributed by atoms with Crippen molar-refractivity contribution in [3.63, 3.8) is 0 Å². The lowest BCUT2D eigenvalue weighted by molar-refractivity contribution is -0.118. The highest BCUT2D eigenvalue weighted by Gasteiger charge is 2.16. The highest BCUT2D eigenvalue weighted by Crippen LogP contribution is 2.31. The van der Waals surface area contributed by atoms with Gasteiger partial charge in [0.2, 0.25) is 15.9 Å². The van der Waals surface area contributed by atoms with Crippen LogP contribution in [0.1, 0.15) is 5.56 Å². The van der Waals surface area contributed by atoms with Crippen molar-refractivity contribution in [2.45, 2.75) is 6.42 Å². The minimum Gasteiger partial charge on any atom is -0.384 e. The van der Waals surface area contributed by atoms with Gasteiger partial charge in [0.15, 0.2) is 0 Å². The van der Waals surface area contributed by atoms with Gasteiger partial charge in [-0.05, 0) is 47.0 Å². The molecule has 0 radical (unpaired) electrons. The summed E-state index contributed by atoms with van der Waals surface area (Å²) in [5.41, 5.74) is 8.52. The van der Waals surface area contributed by atoms with Crippen molar-refractivity contribution in [2.24, 2.45) is 5.84 Å². The molecule has 0 aliphatic rings. The summed E-state index contributed by atoms with van der Waals surface area (Å²) in [6, 6.07) is 12.0. The van der Waals surface area contributed by atoms with Crippen LogP contribution in [0.2, 0.25) is 0 Å². The van der Waals surface area contributed by atoms with Crippen LogP contribution in [0.4, 0.5) is 16.5 Å². The molecular formula is C18H19N5O3S2. The monoisotopic (exact) mass is 417 g/mol. The fraction of sp³-hybridized carbons (Fsp3) is 0.111. The molecular weight excluding hydrogens is 398 g/mol. The second-order valence-electron chi connectivity index (χ2n) is 6.16. The number of hydrogen-bond donors (Lipinski definition) is 3.